The van der Waals surface area contributed by atoms with Crippen molar-refractivity contribution in [1.29, 1.82) is 0 Å². The Morgan fingerprint density at radius 2 is 2.00 bits per heavy atom. The van der Waals surface area contributed by atoms with Crippen LogP contribution < -0.4 is 5.32 Å². The fourth-order valence-electron chi connectivity index (χ4n) is 7.65. The number of rotatable bonds is 1. The van der Waals surface area contributed by atoms with Gasteiger partial charge in [-0.15, -0.1) is 0 Å². The molecule has 1 heterocycles. The predicted molar refractivity (Wildman–Crippen MR) is 95.4 cm³/mol. The number of hydrogen-bond donors (Lipinski definition) is 2. The van der Waals surface area contributed by atoms with E-state index in [-0.39, 0.29) is 34.4 Å². The van der Waals surface area contributed by atoms with Crippen LogP contribution in [0.2, 0.25) is 0 Å². The topological polar surface area (TPSA) is 66.4 Å². The van der Waals surface area contributed by atoms with Crippen molar-refractivity contribution in [3.8, 4) is 0 Å². The van der Waals surface area contributed by atoms with Gasteiger partial charge in [-0.05, 0) is 63.2 Å². The van der Waals surface area contributed by atoms with E-state index >= 15 is 0 Å². The Morgan fingerprint density at radius 3 is 2.68 bits per heavy atom. The molecule has 4 nitrogen and oxygen atoms in total. The maximum absolute atomic E-state index is 12.3. The third kappa shape index (κ3) is 2.22. The van der Waals surface area contributed by atoms with E-state index in [9.17, 15) is 14.7 Å². The third-order valence-corrected chi connectivity index (χ3v) is 8.30. The zero-order valence-electron chi connectivity index (χ0n) is 15.9. The molecule has 25 heavy (non-hydrogen) atoms. The van der Waals surface area contributed by atoms with Crippen LogP contribution in [0.25, 0.3) is 0 Å². The van der Waals surface area contributed by atoms with E-state index in [0.717, 1.165) is 31.4 Å². The van der Waals surface area contributed by atoms with Gasteiger partial charge in [0.05, 0.1) is 5.60 Å². The second-order valence-corrected chi connectivity index (χ2v) is 9.85. The summed E-state index contributed by atoms with van der Waals surface area (Å²) in [6.45, 7) is 8.16. The molecule has 0 aromatic rings. The van der Waals surface area contributed by atoms with Crippen molar-refractivity contribution in [2.75, 3.05) is 0 Å². The molecule has 1 aliphatic heterocycles. The molecular formula is C21H31NO3. The first-order chi connectivity index (χ1) is 11.6. The Hall–Kier alpha value is -1.16. The normalized spacial score (nSPS) is 51.7. The summed E-state index contributed by atoms with van der Waals surface area (Å²) in [5.41, 5.74) is -0.0638. The summed E-state index contributed by atoms with van der Waals surface area (Å²) in [5.74, 6) is 1.47. The summed E-state index contributed by atoms with van der Waals surface area (Å²) in [4.78, 5) is 24.1. The molecule has 0 spiro atoms. The van der Waals surface area contributed by atoms with Crippen LogP contribution in [0.3, 0.4) is 0 Å². The average molecular weight is 345 g/mol. The molecule has 4 rings (SSSR count). The molecule has 1 amide bonds. The Bertz CT molecular complexity index is 666. The fourth-order valence-corrected chi connectivity index (χ4v) is 7.65. The van der Waals surface area contributed by atoms with Crippen molar-refractivity contribution in [3.63, 3.8) is 0 Å². The van der Waals surface area contributed by atoms with Gasteiger partial charge in [-0.25, -0.2) is 0 Å². The smallest absolute Gasteiger partial charge is 0.224 e. The molecule has 0 aromatic carbocycles. The standard InChI is InChI=1S/C21H31NO3/c1-12(23)14-6-7-15-13-5-8-16-19(2,10-9-17(24)22-16)18(13)21(4,25)11-20(14,15)3/h8,13-15,18,25H,5-7,9-11H2,1-4H3,(H,22,24)/t13?,14-,15?,18?,19+,20-,21+/m1/s1. The van der Waals surface area contributed by atoms with E-state index in [1.807, 2.05) is 6.92 Å². The quantitative estimate of drug-likeness (QED) is 0.767. The van der Waals surface area contributed by atoms with Gasteiger partial charge >= 0.3 is 0 Å². The molecule has 3 aliphatic carbocycles. The molecule has 0 aromatic heterocycles. The highest BCUT2D eigenvalue weighted by Crippen LogP contribution is 2.67. The molecule has 0 bridgehead atoms. The van der Waals surface area contributed by atoms with Crippen LogP contribution in [0.5, 0.6) is 0 Å². The monoisotopic (exact) mass is 345 g/mol. The van der Waals surface area contributed by atoms with Crippen molar-refractivity contribution in [3.05, 3.63) is 11.8 Å². The summed E-state index contributed by atoms with van der Waals surface area (Å²) in [7, 11) is 0. The number of ketones is 1. The lowest BCUT2D eigenvalue weighted by atomic mass is 9.44. The van der Waals surface area contributed by atoms with Crippen molar-refractivity contribution in [2.24, 2.45) is 34.5 Å². The minimum atomic E-state index is -0.815. The molecule has 1 saturated heterocycles. The molecule has 4 heteroatoms. The van der Waals surface area contributed by atoms with Crippen LogP contribution in [0.4, 0.5) is 0 Å². The van der Waals surface area contributed by atoms with E-state index in [0.29, 0.717) is 24.7 Å². The second kappa shape index (κ2) is 5.18. The average Bonchev–Trinajstić information content (AvgIpc) is 2.83. The molecule has 2 N–H and O–H groups in total. The van der Waals surface area contributed by atoms with Gasteiger partial charge in [0.1, 0.15) is 5.78 Å². The first-order valence-electron chi connectivity index (χ1n) is 9.83. The highest BCUT2D eigenvalue weighted by molar-refractivity contribution is 5.80. The summed E-state index contributed by atoms with van der Waals surface area (Å²) in [5, 5.41) is 14.7. The molecule has 4 aliphatic rings. The number of amides is 1. The number of hydrogen-bond acceptors (Lipinski definition) is 3. The van der Waals surface area contributed by atoms with Crippen LogP contribution in [0.1, 0.15) is 66.2 Å². The lowest BCUT2D eigenvalue weighted by molar-refractivity contribution is -0.180. The highest BCUT2D eigenvalue weighted by Gasteiger charge is 2.65. The SMILES string of the molecule is CC(=O)[C@H]1CCC2C3CC=C4NC(=O)CC[C@]4(C)C3[C@@](C)(O)C[C@@]21C. The zero-order valence-corrected chi connectivity index (χ0v) is 15.9. The fraction of sp³-hybridized carbons (Fsp3) is 0.810. The van der Waals surface area contributed by atoms with E-state index in [1.54, 1.807) is 6.92 Å². The summed E-state index contributed by atoms with van der Waals surface area (Å²) < 4.78 is 0. The first kappa shape index (κ1) is 17.3. The van der Waals surface area contributed by atoms with Gasteiger partial charge in [-0.1, -0.05) is 19.9 Å². The third-order valence-electron chi connectivity index (χ3n) is 8.30. The van der Waals surface area contributed by atoms with Crippen LogP contribution in [-0.2, 0) is 9.59 Å². The van der Waals surface area contributed by atoms with Crippen molar-refractivity contribution in [2.45, 2.75) is 71.8 Å². The Labute approximate surface area is 150 Å². The minimum absolute atomic E-state index is 0.0779. The van der Waals surface area contributed by atoms with E-state index in [1.165, 1.54) is 0 Å². The van der Waals surface area contributed by atoms with Crippen molar-refractivity contribution < 1.29 is 14.7 Å². The van der Waals surface area contributed by atoms with Gasteiger partial charge in [0.25, 0.3) is 0 Å². The number of fused-ring (bicyclic) bond motifs is 5. The number of piperidine rings is 1. The van der Waals surface area contributed by atoms with Gasteiger partial charge in [0.2, 0.25) is 5.91 Å². The Kier molecular flexibility index (Phi) is 3.58. The number of Topliss-reactive ketones (excluding diaryl/α,β-unsaturated/α-hetero) is 1. The zero-order chi connectivity index (χ0) is 18.2. The van der Waals surface area contributed by atoms with Gasteiger partial charge < -0.3 is 10.4 Å². The summed E-state index contributed by atoms with van der Waals surface area (Å²) >= 11 is 0. The van der Waals surface area contributed by atoms with Gasteiger partial charge in [-0.2, -0.15) is 0 Å². The van der Waals surface area contributed by atoms with E-state index in [4.69, 9.17) is 0 Å². The first-order valence-corrected chi connectivity index (χ1v) is 9.83. The molecule has 3 fully saturated rings. The Morgan fingerprint density at radius 1 is 1.28 bits per heavy atom. The van der Waals surface area contributed by atoms with Gasteiger partial charge in [0, 0.05) is 29.4 Å². The largest absolute Gasteiger partial charge is 0.390 e. The number of carbonyl (C=O) groups is 2. The van der Waals surface area contributed by atoms with Crippen molar-refractivity contribution >= 4 is 11.7 Å². The molecule has 138 valence electrons. The minimum Gasteiger partial charge on any atom is -0.390 e. The lowest BCUT2D eigenvalue weighted by Gasteiger charge is -2.62. The van der Waals surface area contributed by atoms with Crippen LogP contribution in [0.15, 0.2) is 11.8 Å². The Balaban J connectivity index is 1.78. The van der Waals surface area contributed by atoms with Crippen LogP contribution in [0, 0.1) is 34.5 Å². The number of allylic oxidation sites excluding steroid dienone is 2. The van der Waals surface area contributed by atoms with E-state index < -0.39 is 5.60 Å². The molecule has 3 unspecified atom stereocenters. The molecular weight excluding hydrogens is 314 g/mol. The molecule has 2 saturated carbocycles. The lowest BCUT2D eigenvalue weighted by Crippen LogP contribution is -2.63. The number of nitrogens with one attached hydrogen (secondary N) is 1. The number of carbonyl (C=O) groups excluding carboxylic acids is 2. The number of aliphatic hydroxyl groups is 1. The predicted octanol–water partition coefficient (Wildman–Crippen LogP) is 3.20. The molecule has 7 atom stereocenters. The second-order valence-electron chi connectivity index (χ2n) is 9.85. The van der Waals surface area contributed by atoms with E-state index in [2.05, 4.69) is 25.2 Å². The van der Waals surface area contributed by atoms with Crippen molar-refractivity contribution in [1.82, 2.24) is 5.32 Å². The maximum Gasteiger partial charge on any atom is 0.224 e. The van der Waals surface area contributed by atoms with Gasteiger partial charge in [-0.3, -0.25) is 9.59 Å². The maximum atomic E-state index is 12.3. The molecule has 0 radical (unpaired) electrons. The van der Waals surface area contributed by atoms with Gasteiger partial charge in [0.15, 0.2) is 0 Å². The summed E-state index contributed by atoms with van der Waals surface area (Å²) in [6.07, 6.45) is 7.18. The highest BCUT2D eigenvalue weighted by atomic mass is 16.3. The van der Waals surface area contributed by atoms with Crippen LogP contribution in [-0.4, -0.2) is 22.4 Å². The van der Waals surface area contributed by atoms with Crippen LogP contribution >= 0.6 is 0 Å². The summed E-state index contributed by atoms with van der Waals surface area (Å²) in [6, 6.07) is 0.